The molecule has 0 N–H and O–H groups in total. The Morgan fingerprint density at radius 2 is 1.84 bits per heavy atom. The summed E-state index contributed by atoms with van der Waals surface area (Å²) < 4.78 is 22.9. The van der Waals surface area contributed by atoms with Gasteiger partial charge in [-0.2, -0.15) is 0 Å². The van der Waals surface area contributed by atoms with Crippen molar-refractivity contribution in [2.75, 3.05) is 13.2 Å². The molecule has 170 valence electrons. The number of benzene rings is 2. The van der Waals surface area contributed by atoms with Gasteiger partial charge in [0.05, 0.1) is 18.9 Å². The number of nitrogens with zero attached hydrogens (tertiary/aromatic N) is 1. The van der Waals surface area contributed by atoms with Crippen LogP contribution in [0.4, 0.5) is 0 Å². The van der Waals surface area contributed by atoms with Crippen LogP contribution in [0.2, 0.25) is 0 Å². The maximum absolute atomic E-state index is 12.1. The van der Waals surface area contributed by atoms with Crippen molar-refractivity contribution in [3.63, 3.8) is 0 Å². The Morgan fingerprint density at radius 3 is 2.53 bits per heavy atom. The second-order valence-electron chi connectivity index (χ2n) is 7.94. The molecule has 3 rings (SSSR count). The number of hydrogen-bond acceptors (Lipinski definition) is 6. The molecule has 0 unspecified atom stereocenters. The van der Waals surface area contributed by atoms with Crippen molar-refractivity contribution < 1.29 is 23.4 Å². The molecular formula is C26H31NO5. The molecule has 0 aliphatic carbocycles. The number of rotatable bonds is 10. The molecule has 6 nitrogen and oxygen atoms in total. The first-order valence-electron chi connectivity index (χ1n) is 11.0. The van der Waals surface area contributed by atoms with Gasteiger partial charge in [-0.3, -0.25) is 0 Å². The number of hydrogen-bond donors (Lipinski definition) is 0. The minimum Gasteiger partial charge on any atom is -0.493 e. The average Bonchev–Trinajstić information content (AvgIpc) is 3.15. The largest absolute Gasteiger partial charge is 0.493 e. The highest BCUT2D eigenvalue weighted by Crippen LogP contribution is 2.29. The predicted molar refractivity (Wildman–Crippen MR) is 123 cm³/mol. The number of carbonyl (C=O) groups excluding carboxylic acids is 1. The van der Waals surface area contributed by atoms with Gasteiger partial charge in [0.1, 0.15) is 17.3 Å². The van der Waals surface area contributed by atoms with E-state index in [1.165, 1.54) is 0 Å². The number of carbonyl (C=O) groups is 1. The quantitative estimate of drug-likeness (QED) is 0.387. The first-order valence-corrected chi connectivity index (χ1v) is 11.0. The summed E-state index contributed by atoms with van der Waals surface area (Å²) in [6.07, 6.45) is 1.38. The second kappa shape index (κ2) is 10.4. The first kappa shape index (κ1) is 23.4. The van der Waals surface area contributed by atoms with Gasteiger partial charge < -0.3 is 18.6 Å². The second-order valence-corrected chi connectivity index (χ2v) is 7.94. The van der Waals surface area contributed by atoms with Gasteiger partial charge in [-0.1, -0.05) is 25.1 Å². The molecule has 0 saturated carbocycles. The molecule has 3 aromatic rings. The van der Waals surface area contributed by atoms with E-state index in [-0.39, 0.29) is 5.97 Å². The zero-order chi connectivity index (χ0) is 23.1. The lowest BCUT2D eigenvalue weighted by Crippen LogP contribution is -2.40. The SMILES string of the molecule is CCOC(=O)C(C)(C)Oc1ccc(OCCc2nc(-c3ccccc3)oc2C)cc1CC. The number of ether oxygens (including phenoxy) is 3. The van der Waals surface area contributed by atoms with E-state index in [0.29, 0.717) is 31.3 Å². The fourth-order valence-corrected chi connectivity index (χ4v) is 3.27. The zero-order valence-corrected chi connectivity index (χ0v) is 19.4. The van der Waals surface area contributed by atoms with Gasteiger partial charge in [0.15, 0.2) is 5.60 Å². The lowest BCUT2D eigenvalue weighted by molar-refractivity contribution is -0.158. The van der Waals surface area contributed by atoms with Gasteiger partial charge in [0.2, 0.25) is 5.89 Å². The Morgan fingerprint density at radius 1 is 1.09 bits per heavy atom. The molecule has 6 heteroatoms. The highest BCUT2D eigenvalue weighted by Gasteiger charge is 2.32. The summed E-state index contributed by atoms with van der Waals surface area (Å²) in [7, 11) is 0. The molecule has 0 aliphatic rings. The molecule has 0 saturated heterocycles. The fraction of sp³-hybridized carbons (Fsp3) is 0.385. The van der Waals surface area contributed by atoms with Crippen molar-refractivity contribution in [3.05, 3.63) is 65.5 Å². The summed E-state index contributed by atoms with van der Waals surface area (Å²) in [6.45, 7) is 9.93. The van der Waals surface area contributed by atoms with Gasteiger partial charge >= 0.3 is 5.97 Å². The van der Waals surface area contributed by atoms with Crippen LogP contribution < -0.4 is 9.47 Å². The summed E-state index contributed by atoms with van der Waals surface area (Å²) in [5, 5.41) is 0. The molecule has 32 heavy (non-hydrogen) atoms. The summed E-state index contributed by atoms with van der Waals surface area (Å²) in [4.78, 5) is 16.8. The molecule has 1 heterocycles. The van der Waals surface area contributed by atoms with Crippen LogP contribution in [0.25, 0.3) is 11.5 Å². The molecular weight excluding hydrogens is 406 g/mol. The van der Waals surface area contributed by atoms with Crippen LogP contribution in [0.15, 0.2) is 52.9 Å². The molecule has 1 aromatic heterocycles. The third-order valence-electron chi connectivity index (χ3n) is 5.07. The number of esters is 1. The molecule has 0 fully saturated rings. The Kier molecular flexibility index (Phi) is 7.57. The highest BCUT2D eigenvalue weighted by molar-refractivity contribution is 5.79. The normalized spacial score (nSPS) is 11.3. The van der Waals surface area contributed by atoms with Crippen molar-refractivity contribution in [2.24, 2.45) is 0 Å². The van der Waals surface area contributed by atoms with E-state index in [1.807, 2.05) is 62.4 Å². The molecule has 0 atom stereocenters. The summed E-state index contributed by atoms with van der Waals surface area (Å²) in [5.74, 6) is 2.43. The average molecular weight is 438 g/mol. The lowest BCUT2D eigenvalue weighted by atomic mass is 10.1. The van der Waals surface area contributed by atoms with Crippen LogP contribution in [0.1, 0.15) is 44.7 Å². The smallest absolute Gasteiger partial charge is 0.349 e. The van der Waals surface area contributed by atoms with Crippen LogP contribution in [-0.2, 0) is 22.4 Å². The van der Waals surface area contributed by atoms with Crippen molar-refractivity contribution in [1.82, 2.24) is 4.98 Å². The first-order chi connectivity index (χ1) is 15.3. The Hall–Kier alpha value is -3.28. The molecule has 0 amide bonds. The highest BCUT2D eigenvalue weighted by atomic mass is 16.6. The minimum absolute atomic E-state index is 0.316. The van der Waals surface area contributed by atoms with Crippen molar-refractivity contribution >= 4 is 5.97 Å². The predicted octanol–water partition coefficient (Wildman–Crippen LogP) is 5.55. The number of oxazole rings is 1. The van der Waals surface area contributed by atoms with Crippen LogP contribution in [0.5, 0.6) is 11.5 Å². The lowest BCUT2D eigenvalue weighted by Gasteiger charge is -2.25. The Balaban J connectivity index is 1.63. The fourth-order valence-electron chi connectivity index (χ4n) is 3.27. The maximum Gasteiger partial charge on any atom is 0.349 e. The minimum atomic E-state index is -1.07. The molecule has 0 bridgehead atoms. The van der Waals surface area contributed by atoms with E-state index in [0.717, 1.165) is 34.8 Å². The monoisotopic (exact) mass is 437 g/mol. The van der Waals surface area contributed by atoms with Crippen LogP contribution >= 0.6 is 0 Å². The van der Waals surface area contributed by atoms with Crippen LogP contribution in [0.3, 0.4) is 0 Å². The molecule has 2 aromatic carbocycles. The summed E-state index contributed by atoms with van der Waals surface area (Å²) in [6, 6.07) is 15.5. The Labute approximate surface area is 189 Å². The van der Waals surface area contributed by atoms with E-state index >= 15 is 0 Å². The molecule has 0 spiro atoms. The number of aromatic nitrogens is 1. The van der Waals surface area contributed by atoms with Gasteiger partial charge in [-0.15, -0.1) is 0 Å². The van der Waals surface area contributed by atoms with Crippen LogP contribution in [-0.4, -0.2) is 29.8 Å². The standard InChI is InChI=1S/C26H31NO5/c1-6-19-17-21(13-14-23(19)32-26(4,5)25(28)29-7-2)30-16-15-22-18(3)31-24(27-22)20-11-9-8-10-12-20/h8-14,17H,6-7,15-16H2,1-5H3. The maximum atomic E-state index is 12.1. The van der Waals surface area contributed by atoms with E-state index in [4.69, 9.17) is 18.6 Å². The Bertz CT molecular complexity index is 1040. The van der Waals surface area contributed by atoms with Crippen LogP contribution in [0, 0.1) is 6.92 Å². The summed E-state index contributed by atoms with van der Waals surface area (Å²) in [5.41, 5.74) is 1.74. The third-order valence-corrected chi connectivity index (χ3v) is 5.07. The zero-order valence-electron chi connectivity index (χ0n) is 19.4. The van der Waals surface area contributed by atoms with Gasteiger partial charge in [0, 0.05) is 12.0 Å². The van der Waals surface area contributed by atoms with Gasteiger partial charge in [-0.05, 0) is 70.0 Å². The van der Waals surface area contributed by atoms with Crippen molar-refractivity contribution in [3.8, 4) is 23.0 Å². The van der Waals surface area contributed by atoms with Crippen molar-refractivity contribution in [2.45, 2.75) is 53.1 Å². The summed E-state index contributed by atoms with van der Waals surface area (Å²) >= 11 is 0. The van der Waals surface area contributed by atoms with Gasteiger partial charge in [0.25, 0.3) is 0 Å². The molecule has 0 radical (unpaired) electrons. The third kappa shape index (κ3) is 5.69. The van der Waals surface area contributed by atoms with E-state index in [2.05, 4.69) is 4.98 Å². The van der Waals surface area contributed by atoms with E-state index < -0.39 is 5.60 Å². The van der Waals surface area contributed by atoms with Crippen molar-refractivity contribution in [1.29, 1.82) is 0 Å². The van der Waals surface area contributed by atoms with E-state index in [1.54, 1.807) is 20.8 Å². The molecule has 0 aliphatic heterocycles. The van der Waals surface area contributed by atoms with E-state index in [9.17, 15) is 4.79 Å². The van der Waals surface area contributed by atoms with Gasteiger partial charge in [-0.25, -0.2) is 9.78 Å². The number of aryl methyl sites for hydroxylation is 2. The topological polar surface area (TPSA) is 70.8 Å².